The molecule has 0 spiro atoms. The Morgan fingerprint density at radius 2 is 2.25 bits per heavy atom. The highest BCUT2D eigenvalue weighted by atomic mass is 16.5. The van der Waals surface area contributed by atoms with E-state index in [0.29, 0.717) is 24.9 Å². The summed E-state index contributed by atoms with van der Waals surface area (Å²) in [5.74, 6) is 1.12. The Labute approximate surface area is 94.2 Å². The van der Waals surface area contributed by atoms with Crippen molar-refractivity contribution in [2.75, 3.05) is 6.61 Å². The minimum Gasteiger partial charge on any atom is -0.372 e. The van der Waals surface area contributed by atoms with Gasteiger partial charge in [-0.15, -0.1) is 0 Å². The fourth-order valence-electron chi connectivity index (χ4n) is 1.40. The van der Waals surface area contributed by atoms with Crippen molar-refractivity contribution in [3.8, 4) is 11.4 Å². The van der Waals surface area contributed by atoms with Crippen LogP contribution in [0.3, 0.4) is 0 Å². The summed E-state index contributed by atoms with van der Waals surface area (Å²) in [5, 5.41) is 3.91. The van der Waals surface area contributed by atoms with E-state index >= 15 is 0 Å². The van der Waals surface area contributed by atoms with Crippen molar-refractivity contribution >= 4 is 0 Å². The smallest absolute Gasteiger partial charge is 0.252 e. The predicted molar refractivity (Wildman–Crippen MR) is 59.8 cm³/mol. The standard InChI is InChI=1S/C12H14N2O2/c1-3-15-8-11-13-12(14-16-11)10-6-4-5-9(2)7-10/h4-7H,3,8H2,1-2H3. The molecule has 0 aliphatic rings. The van der Waals surface area contributed by atoms with Crippen LogP contribution in [0.2, 0.25) is 0 Å². The summed E-state index contributed by atoms with van der Waals surface area (Å²) >= 11 is 0. The largest absolute Gasteiger partial charge is 0.372 e. The Kier molecular flexibility index (Phi) is 3.31. The Morgan fingerprint density at radius 3 is 3.00 bits per heavy atom. The van der Waals surface area contributed by atoms with Crippen LogP contribution in [-0.2, 0) is 11.3 Å². The van der Waals surface area contributed by atoms with Crippen LogP contribution >= 0.6 is 0 Å². The van der Waals surface area contributed by atoms with Gasteiger partial charge in [-0.25, -0.2) is 0 Å². The normalized spacial score (nSPS) is 10.6. The van der Waals surface area contributed by atoms with Gasteiger partial charge in [0.15, 0.2) is 0 Å². The van der Waals surface area contributed by atoms with E-state index in [0.717, 1.165) is 5.56 Å². The van der Waals surface area contributed by atoms with Gasteiger partial charge in [-0.05, 0) is 19.9 Å². The average Bonchev–Trinajstić information content (AvgIpc) is 2.75. The number of aromatic nitrogens is 2. The average molecular weight is 218 g/mol. The maximum atomic E-state index is 5.20. The summed E-state index contributed by atoms with van der Waals surface area (Å²) in [5.41, 5.74) is 2.14. The van der Waals surface area contributed by atoms with Crippen molar-refractivity contribution in [1.82, 2.24) is 10.1 Å². The van der Waals surface area contributed by atoms with Gasteiger partial charge in [-0.3, -0.25) is 0 Å². The number of benzene rings is 1. The molecular formula is C12H14N2O2. The van der Waals surface area contributed by atoms with E-state index in [4.69, 9.17) is 9.26 Å². The minimum absolute atomic E-state index is 0.370. The topological polar surface area (TPSA) is 48.2 Å². The fraction of sp³-hybridized carbons (Fsp3) is 0.333. The molecule has 0 bridgehead atoms. The first-order chi connectivity index (χ1) is 7.79. The van der Waals surface area contributed by atoms with Gasteiger partial charge in [-0.1, -0.05) is 28.9 Å². The SMILES string of the molecule is CCOCc1nc(-c2cccc(C)c2)no1. The van der Waals surface area contributed by atoms with Gasteiger partial charge in [0.25, 0.3) is 5.89 Å². The first-order valence-corrected chi connectivity index (χ1v) is 5.27. The Hall–Kier alpha value is -1.68. The van der Waals surface area contributed by atoms with Crippen LogP contribution in [0.25, 0.3) is 11.4 Å². The number of nitrogens with zero attached hydrogens (tertiary/aromatic N) is 2. The molecule has 4 nitrogen and oxygen atoms in total. The molecular weight excluding hydrogens is 204 g/mol. The predicted octanol–water partition coefficient (Wildman–Crippen LogP) is 2.58. The highest BCUT2D eigenvalue weighted by molar-refractivity contribution is 5.55. The van der Waals surface area contributed by atoms with Crippen molar-refractivity contribution in [1.29, 1.82) is 0 Å². The van der Waals surface area contributed by atoms with Gasteiger partial charge in [0.1, 0.15) is 6.61 Å². The molecule has 1 aromatic carbocycles. The number of hydrogen-bond acceptors (Lipinski definition) is 4. The lowest BCUT2D eigenvalue weighted by Gasteiger charge is -1.95. The molecule has 0 aliphatic heterocycles. The monoisotopic (exact) mass is 218 g/mol. The number of aryl methyl sites for hydroxylation is 1. The second-order valence-corrected chi connectivity index (χ2v) is 3.52. The van der Waals surface area contributed by atoms with Gasteiger partial charge >= 0.3 is 0 Å². The Bertz CT molecular complexity index is 466. The number of ether oxygens (including phenoxy) is 1. The maximum Gasteiger partial charge on any atom is 0.252 e. The van der Waals surface area contributed by atoms with E-state index in [2.05, 4.69) is 10.1 Å². The zero-order valence-electron chi connectivity index (χ0n) is 9.43. The molecule has 16 heavy (non-hydrogen) atoms. The number of rotatable bonds is 4. The van der Waals surface area contributed by atoms with E-state index in [1.165, 1.54) is 5.56 Å². The lowest BCUT2D eigenvalue weighted by Crippen LogP contribution is -1.91. The van der Waals surface area contributed by atoms with Crippen LogP contribution in [0.4, 0.5) is 0 Å². The second kappa shape index (κ2) is 4.90. The fourth-order valence-corrected chi connectivity index (χ4v) is 1.40. The van der Waals surface area contributed by atoms with E-state index in [1.54, 1.807) is 0 Å². The highest BCUT2D eigenvalue weighted by Gasteiger charge is 2.07. The van der Waals surface area contributed by atoms with Crippen LogP contribution in [0.1, 0.15) is 18.4 Å². The zero-order valence-corrected chi connectivity index (χ0v) is 9.43. The van der Waals surface area contributed by atoms with E-state index < -0.39 is 0 Å². The minimum atomic E-state index is 0.370. The van der Waals surface area contributed by atoms with Gasteiger partial charge < -0.3 is 9.26 Å². The quantitative estimate of drug-likeness (QED) is 0.791. The van der Waals surface area contributed by atoms with Crippen LogP contribution in [0.5, 0.6) is 0 Å². The third-order valence-corrected chi connectivity index (χ3v) is 2.17. The van der Waals surface area contributed by atoms with Gasteiger partial charge in [0.2, 0.25) is 5.82 Å². The van der Waals surface area contributed by atoms with Crippen LogP contribution in [-0.4, -0.2) is 16.7 Å². The molecule has 0 saturated heterocycles. The van der Waals surface area contributed by atoms with Crippen molar-refractivity contribution in [3.05, 3.63) is 35.7 Å². The molecule has 0 amide bonds. The third-order valence-electron chi connectivity index (χ3n) is 2.17. The van der Waals surface area contributed by atoms with Crippen LogP contribution < -0.4 is 0 Å². The van der Waals surface area contributed by atoms with Crippen molar-refractivity contribution < 1.29 is 9.26 Å². The Morgan fingerprint density at radius 1 is 1.38 bits per heavy atom. The summed E-state index contributed by atoms with van der Waals surface area (Å²) in [6, 6.07) is 7.99. The first kappa shape index (κ1) is 10.8. The number of hydrogen-bond donors (Lipinski definition) is 0. The molecule has 1 heterocycles. The summed E-state index contributed by atoms with van der Waals surface area (Å²) in [6.07, 6.45) is 0. The van der Waals surface area contributed by atoms with Crippen LogP contribution in [0.15, 0.2) is 28.8 Å². The molecule has 0 atom stereocenters. The molecule has 0 radical (unpaired) electrons. The van der Waals surface area contributed by atoms with Crippen molar-refractivity contribution in [2.24, 2.45) is 0 Å². The molecule has 1 aromatic heterocycles. The molecule has 0 unspecified atom stereocenters. The summed E-state index contributed by atoms with van der Waals surface area (Å²) < 4.78 is 10.3. The summed E-state index contributed by atoms with van der Waals surface area (Å²) in [4.78, 5) is 4.26. The molecule has 0 aliphatic carbocycles. The zero-order chi connectivity index (χ0) is 11.4. The first-order valence-electron chi connectivity index (χ1n) is 5.27. The second-order valence-electron chi connectivity index (χ2n) is 3.52. The molecule has 4 heteroatoms. The highest BCUT2D eigenvalue weighted by Crippen LogP contribution is 2.16. The van der Waals surface area contributed by atoms with Crippen molar-refractivity contribution in [3.63, 3.8) is 0 Å². The molecule has 84 valence electrons. The molecule has 2 aromatic rings. The van der Waals surface area contributed by atoms with Gasteiger partial charge in [0.05, 0.1) is 0 Å². The lowest BCUT2D eigenvalue weighted by atomic mass is 10.1. The van der Waals surface area contributed by atoms with Gasteiger partial charge in [0, 0.05) is 12.2 Å². The molecule has 0 fully saturated rings. The van der Waals surface area contributed by atoms with E-state index in [1.807, 2.05) is 38.1 Å². The molecule has 0 saturated carbocycles. The van der Waals surface area contributed by atoms with Crippen LogP contribution in [0, 0.1) is 6.92 Å². The molecule has 0 N–H and O–H groups in total. The summed E-state index contributed by atoms with van der Waals surface area (Å²) in [6.45, 7) is 4.97. The van der Waals surface area contributed by atoms with E-state index in [9.17, 15) is 0 Å². The maximum absolute atomic E-state index is 5.20. The van der Waals surface area contributed by atoms with Gasteiger partial charge in [-0.2, -0.15) is 4.98 Å². The van der Waals surface area contributed by atoms with E-state index in [-0.39, 0.29) is 0 Å². The van der Waals surface area contributed by atoms with Crippen molar-refractivity contribution in [2.45, 2.75) is 20.5 Å². The third kappa shape index (κ3) is 2.46. The Balaban J connectivity index is 2.18. The lowest BCUT2D eigenvalue weighted by molar-refractivity contribution is 0.109. The summed E-state index contributed by atoms with van der Waals surface area (Å²) in [7, 11) is 0. The molecule has 2 rings (SSSR count).